The Bertz CT molecular complexity index is 538. The number of hydrogen-bond acceptors (Lipinski definition) is 7. The molecule has 1 N–H and O–H groups in total. The molecule has 18 heavy (non-hydrogen) atoms. The van der Waals surface area contributed by atoms with Gasteiger partial charge in [0.2, 0.25) is 0 Å². The minimum atomic E-state index is -0.944. The van der Waals surface area contributed by atoms with Gasteiger partial charge in [-0.1, -0.05) is 24.7 Å². The smallest absolute Gasteiger partial charge is 0.347 e. The summed E-state index contributed by atoms with van der Waals surface area (Å²) < 4.78 is 1.50. The SMILES string of the molecule is CCCCc1nnc(Sc2ncc(C(=O)O)s2)s1. The number of rotatable bonds is 6. The fraction of sp³-hybridized carbons (Fsp3) is 0.400. The van der Waals surface area contributed by atoms with E-state index in [-0.39, 0.29) is 4.88 Å². The van der Waals surface area contributed by atoms with E-state index in [4.69, 9.17) is 5.11 Å². The van der Waals surface area contributed by atoms with E-state index < -0.39 is 5.97 Å². The Labute approximate surface area is 116 Å². The third kappa shape index (κ3) is 3.50. The van der Waals surface area contributed by atoms with Gasteiger partial charge in [0.25, 0.3) is 0 Å². The van der Waals surface area contributed by atoms with E-state index in [1.54, 1.807) is 11.3 Å². The first kappa shape index (κ1) is 13.4. The average Bonchev–Trinajstić information content (AvgIpc) is 2.96. The number of nitrogens with zero attached hydrogens (tertiary/aromatic N) is 3. The van der Waals surface area contributed by atoms with Crippen LogP contribution in [0.25, 0.3) is 0 Å². The Morgan fingerprint density at radius 3 is 2.89 bits per heavy atom. The van der Waals surface area contributed by atoms with Crippen LogP contribution in [0.2, 0.25) is 0 Å². The van der Waals surface area contributed by atoms with E-state index in [1.165, 1.54) is 18.0 Å². The predicted molar refractivity (Wildman–Crippen MR) is 71.7 cm³/mol. The molecule has 0 saturated heterocycles. The van der Waals surface area contributed by atoms with Crippen LogP contribution in [0.5, 0.6) is 0 Å². The number of thiazole rings is 1. The van der Waals surface area contributed by atoms with Gasteiger partial charge in [-0.3, -0.25) is 0 Å². The summed E-state index contributed by atoms with van der Waals surface area (Å²) >= 11 is 4.07. The molecule has 0 aliphatic carbocycles. The van der Waals surface area contributed by atoms with E-state index in [0.717, 1.165) is 39.9 Å². The van der Waals surface area contributed by atoms with Crippen molar-refractivity contribution in [2.45, 2.75) is 34.9 Å². The van der Waals surface area contributed by atoms with E-state index in [0.29, 0.717) is 4.34 Å². The van der Waals surface area contributed by atoms with Gasteiger partial charge in [-0.25, -0.2) is 9.78 Å². The van der Waals surface area contributed by atoms with Gasteiger partial charge >= 0.3 is 5.97 Å². The summed E-state index contributed by atoms with van der Waals surface area (Å²) in [4.78, 5) is 15.0. The van der Waals surface area contributed by atoms with Crippen molar-refractivity contribution in [1.29, 1.82) is 0 Å². The van der Waals surface area contributed by atoms with Crippen molar-refractivity contribution in [3.63, 3.8) is 0 Å². The number of hydrogen-bond donors (Lipinski definition) is 1. The molecule has 5 nitrogen and oxygen atoms in total. The number of aromatic carboxylic acids is 1. The number of aromatic nitrogens is 3. The molecule has 2 rings (SSSR count). The summed E-state index contributed by atoms with van der Waals surface area (Å²) in [7, 11) is 0. The molecule has 0 amide bonds. The molecule has 2 heterocycles. The first-order chi connectivity index (χ1) is 8.69. The van der Waals surface area contributed by atoms with Crippen LogP contribution in [0.1, 0.15) is 34.4 Å². The molecular weight excluding hydrogens is 290 g/mol. The lowest BCUT2D eigenvalue weighted by Crippen LogP contribution is -1.89. The Morgan fingerprint density at radius 1 is 1.39 bits per heavy atom. The summed E-state index contributed by atoms with van der Waals surface area (Å²) in [6, 6.07) is 0. The second-order valence-electron chi connectivity index (χ2n) is 3.46. The number of carboxylic acids is 1. The molecule has 0 unspecified atom stereocenters. The molecule has 2 aromatic rings. The maximum atomic E-state index is 10.7. The summed E-state index contributed by atoms with van der Waals surface area (Å²) in [5.74, 6) is -0.944. The zero-order valence-electron chi connectivity index (χ0n) is 9.62. The monoisotopic (exact) mass is 301 g/mol. The standard InChI is InChI=1S/C10H11N3O2S3/c1-2-3-4-7-12-13-10(17-7)18-9-11-5-6(16-9)8(14)15/h5H,2-4H2,1H3,(H,14,15). The molecule has 2 aromatic heterocycles. The number of carbonyl (C=O) groups is 1. The Morgan fingerprint density at radius 2 is 2.22 bits per heavy atom. The fourth-order valence-corrected chi connectivity index (χ4v) is 4.14. The third-order valence-electron chi connectivity index (χ3n) is 2.06. The van der Waals surface area contributed by atoms with Gasteiger partial charge in [0, 0.05) is 6.42 Å². The van der Waals surface area contributed by atoms with Crippen molar-refractivity contribution in [2.24, 2.45) is 0 Å². The van der Waals surface area contributed by atoms with E-state index in [1.807, 2.05) is 0 Å². The quantitative estimate of drug-likeness (QED) is 0.883. The number of aryl methyl sites for hydroxylation is 1. The summed E-state index contributed by atoms with van der Waals surface area (Å²) in [6.07, 6.45) is 4.57. The molecule has 0 bridgehead atoms. The highest BCUT2D eigenvalue weighted by Gasteiger charge is 2.12. The van der Waals surface area contributed by atoms with Gasteiger partial charge in [-0.15, -0.1) is 21.5 Å². The molecule has 0 aliphatic heterocycles. The zero-order valence-corrected chi connectivity index (χ0v) is 12.1. The molecule has 0 fully saturated rings. The molecule has 0 aliphatic rings. The van der Waals surface area contributed by atoms with Crippen molar-refractivity contribution in [2.75, 3.05) is 0 Å². The van der Waals surface area contributed by atoms with Gasteiger partial charge in [0.1, 0.15) is 9.88 Å². The van der Waals surface area contributed by atoms with Crippen molar-refractivity contribution in [3.05, 3.63) is 16.1 Å². The minimum Gasteiger partial charge on any atom is -0.477 e. The van der Waals surface area contributed by atoms with Crippen LogP contribution < -0.4 is 0 Å². The van der Waals surface area contributed by atoms with Crippen LogP contribution in [0, 0.1) is 0 Å². The lowest BCUT2D eigenvalue weighted by atomic mass is 10.3. The van der Waals surface area contributed by atoms with Gasteiger partial charge < -0.3 is 5.11 Å². The van der Waals surface area contributed by atoms with Gasteiger partial charge in [-0.2, -0.15) is 0 Å². The summed E-state index contributed by atoms with van der Waals surface area (Å²) in [5.41, 5.74) is 0. The Balaban J connectivity index is 1.99. The van der Waals surface area contributed by atoms with Crippen molar-refractivity contribution in [3.8, 4) is 0 Å². The average molecular weight is 301 g/mol. The third-order valence-corrected chi connectivity index (χ3v) is 5.16. The lowest BCUT2D eigenvalue weighted by molar-refractivity contribution is 0.0702. The second kappa shape index (κ2) is 6.26. The van der Waals surface area contributed by atoms with Crippen LogP contribution in [0.3, 0.4) is 0 Å². The van der Waals surface area contributed by atoms with Crippen LogP contribution in [0.4, 0.5) is 0 Å². The maximum Gasteiger partial charge on any atom is 0.347 e. The second-order valence-corrected chi connectivity index (χ2v) is 7.05. The highest BCUT2D eigenvalue weighted by Crippen LogP contribution is 2.33. The van der Waals surface area contributed by atoms with Gasteiger partial charge in [-0.05, 0) is 18.2 Å². The molecule has 0 radical (unpaired) electrons. The Hall–Kier alpha value is -0.990. The van der Waals surface area contributed by atoms with E-state index in [2.05, 4.69) is 22.1 Å². The lowest BCUT2D eigenvalue weighted by Gasteiger charge is -1.89. The van der Waals surface area contributed by atoms with E-state index in [9.17, 15) is 4.79 Å². The maximum absolute atomic E-state index is 10.7. The highest BCUT2D eigenvalue weighted by atomic mass is 32.2. The highest BCUT2D eigenvalue weighted by molar-refractivity contribution is 8.02. The number of carboxylic acid groups (broad SMARTS) is 1. The topological polar surface area (TPSA) is 76.0 Å². The molecule has 0 atom stereocenters. The van der Waals surface area contributed by atoms with Crippen molar-refractivity contribution in [1.82, 2.24) is 15.2 Å². The molecule has 0 saturated carbocycles. The summed E-state index contributed by atoms with van der Waals surface area (Å²) in [5, 5.41) is 18.0. The normalized spacial score (nSPS) is 10.7. The molecule has 0 spiro atoms. The van der Waals surface area contributed by atoms with Crippen LogP contribution >= 0.6 is 34.4 Å². The Kier molecular flexibility index (Phi) is 4.67. The largest absolute Gasteiger partial charge is 0.477 e. The van der Waals surface area contributed by atoms with Crippen molar-refractivity contribution < 1.29 is 9.90 Å². The summed E-state index contributed by atoms with van der Waals surface area (Å²) in [6.45, 7) is 2.14. The fourth-order valence-electron chi connectivity index (χ4n) is 1.19. The van der Waals surface area contributed by atoms with Gasteiger partial charge in [0.05, 0.1) is 6.20 Å². The molecule has 96 valence electrons. The van der Waals surface area contributed by atoms with Crippen molar-refractivity contribution >= 4 is 40.4 Å². The van der Waals surface area contributed by atoms with Crippen LogP contribution in [-0.4, -0.2) is 26.3 Å². The first-order valence-electron chi connectivity index (χ1n) is 5.38. The zero-order chi connectivity index (χ0) is 13.0. The predicted octanol–water partition coefficient (Wildman–Crippen LogP) is 3.19. The van der Waals surface area contributed by atoms with Gasteiger partial charge in [0.15, 0.2) is 8.68 Å². The number of unbranched alkanes of at least 4 members (excludes halogenated alkanes) is 1. The van der Waals surface area contributed by atoms with E-state index >= 15 is 0 Å². The minimum absolute atomic E-state index is 0.244. The molecular formula is C10H11N3O2S3. The van der Waals surface area contributed by atoms with Crippen LogP contribution in [0.15, 0.2) is 14.9 Å². The molecule has 0 aromatic carbocycles. The van der Waals surface area contributed by atoms with Crippen LogP contribution in [-0.2, 0) is 6.42 Å². The molecule has 8 heteroatoms. The first-order valence-corrected chi connectivity index (χ1v) is 7.83.